The van der Waals surface area contributed by atoms with Crippen LogP contribution in [0.5, 0.6) is 0 Å². The number of rotatable bonds is 2. The highest BCUT2D eigenvalue weighted by molar-refractivity contribution is 6.28. The number of halogens is 1. The first kappa shape index (κ1) is 14.3. The number of aliphatic hydroxyl groups excluding tert-OH is 3. The van der Waals surface area contributed by atoms with E-state index in [0.717, 1.165) is 6.42 Å². The zero-order valence-electron chi connectivity index (χ0n) is 11.7. The molecule has 7 nitrogen and oxygen atoms in total. The molecule has 3 aliphatic rings. The van der Waals surface area contributed by atoms with Crippen LogP contribution < -0.4 is 5.73 Å². The molecule has 2 heterocycles. The predicted octanol–water partition coefficient (Wildman–Crippen LogP) is 0.252. The summed E-state index contributed by atoms with van der Waals surface area (Å²) in [5, 5.41) is 30.7. The van der Waals surface area contributed by atoms with E-state index in [2.05, 4.69) is 15.0 Å². The minimum Gasteiger partial charge on any atom is -0.396 e. The van der Waals surface area contributed by atoms with Gasteiger partial charge in [-0.15, -0.1) is 0 Å². The van der Waals surface area contributed by atoms with Crippen LogP contribution in [0.2, 0.25) is 5.28 Å². The summed E-state index contributed by atoms with van der Waals surface area (Å²) in [6.45, 7) is -0.129. The second-order valence-corrected chi connectivity index (χ2v) is 6.80. The van der Waals surface area contributed by atoms with E-state index >= 15 is 0 Å². The molecule has 0 amide bonds. The van der Waals surface area contributed by atoms with E-state index in [9.17, 15) is 15.3 Å². The highest BCUT2D eigenvalue weighted by atomic mass is 35.5. The Morgan fingerprint density at radius 3 is 2.73 bits per heavy atom. The van der Waals surface area contributed by atoms with E-state index in [4.69, 9.17) is 17.3 Å². The predicted molar refractivity (Wildman–Crippen MR) is 80.1 cm³/mol. The molecule has 0 radical (unpaired) electrons. The lowest BCUT2D eigenvalue weighted by Crippen LogP contribution is -2.48. The maximum absolute atomic E-state index is 10.5. The smallest absolute Gasteiger partial charge is 0.224 e. The van der Waals surface area contributed by atoms with Gasteiger partial charge in [0.15, 0.2) is 5.82 Å². The summed E-state index contributed by atoms with van der Waals surface area (Å²) in [5.74, 6) is -0.295. The van der Waals surface area contributed by atoms with Gasteiger partial charge in [-0.2, -0.15) is 4.98 Å². The quantitative estimate of drug-likeness (QED) is 0.578. The molecule has 0 saturated heterocycles. The Morgan fingerprint density at radius 1 is 1.36 bits per heavy atom. The monoisotopic (exact) mass is 324 g/mol. The lowest BCUT2D eigenvalue weighted by atomic mass is 9.58. The van der Waals surface area contributed by atoms with Gasteiger partial charge < -0.3 is 21.1 Å². The number of fused-ring (bicyclic) bond motifs is 2. The summed E-state index contributed by atoms with van der Waals surface area (Å²) in [5.41, 5.74) is 6.29. The van der Waals surface area contributed by atoms with Crippen molar-refractivity contribution in [2.75, 3.05) is 12.3 Å². The number of nitrogens with two attached hydrogens (primary N) is 1. The Morgan fingerprint density at radius 2 is 2.14 bits per heavy atom. The van der Waals surface area contributed by atoms with Crippen molar-refractivity contribution >= 4 is 29.3 Å². The molecule has 2 aliphatic carbocycles. The van der Waals surface area contributed by atoms with Crippen LogP contribution in [0.4, 0.5) is 11.5 Å². The Labute approximate surface area is 131 Å². The van der Waals surface area contributed by atoms with Crippen LogP contribution in [-0.4, -0.2) is 50.3 Å². The zero-order chi connectivity index (χ0) is 15.6. The van der Waals surface area contributed by atoms with Crippen LogP contribution in [0.1, 0.15) is 24.5 Å². The summed E-state index contributed by atoms with van der Waals surface area (Å²) in [7, 11) is 0. The van der Waals surface area contributed by atoms with Crippen LogP contribution in [0.3, 0.4) is 0 Å². The molecule has 0 aromatic carbocycles. The third kappa shape index (κ3) is 1.59. The third-order valence-corrected chi connectivity index (χ3v) is 5.90. The number of nitrogen functional groups attached to an aromatic ring is 1. The molecule has 22 heavy (non-hydrogen) atoms. The molecule has 1 aromatic rings. The minimum absolute atomic E-state index is 0.0277. The molecule has 1 aliphatic heterocycles. The lowest BCUT2D eigenvalue weighted by Gasteiger charge is -2.47. The van der Waals surface area contributed by atoms with Crippen molar-refractivity contribution in [1.82, 2.24) is 9.97 Å². The van der Waals surface area contributed by atoms with Crippen molar-refractivity contribution in [2.24, 2.45) is 22.2 Å². The molecular weight excluding hydrogens is 308 g/mol. The Balaban J connectivity index is 1.75. The first-order valence-electron chi connectivity index (χ1n) is 7.33. The molecule has 8 heteroatoms. The molecule has 2 fully saturated rings. The zero-order valence-corrected chi connectivity index (χ0v) is 12.5. The maximum atomic E-state index is 10.5. The Hall–Kier alpha value is -1.28. The van der Waals surface area contributed by atoms with Gasteiger partial charge in [-0.3, -0.25) is 4.99 Å². The topological polar surface area (TPSA) is 125 Å². The summed E-state index contributed by atoms with van der Waals surface area (Å²) in [4.78, 5) is 12.4. The van der Waals surface area contributed by atoms with Gasteiger partial charge in [0, 0.05) is 23.5 Å². The van der Waals surface area contributed by atoms with E-state index in [1.165, 1.54) is 0 Å². The van der Waals surface area contributed by atoms with Gasteiger partial charge in [-0.1, -0.05) is 0 Å². The van der Waals surface area contributed by atoms with E-state index in [0.29, 0.717) is 17.8 Å². The molecule has 4 rings (SSSR count). The number of hydrogen-bond acceptors (Lipinski definition) is 7. The SMILES string of the molecule is Nc1nc(Cl)nc2c1N=CC2[C@H]1[C@H](O)[C@H](O)[C@]2(CO)CC[C@H]12. The lowest BCUT2D eigenvalue weighted by molar-refractivity contribution is -0.0991. The van der Waals surface area contributed by atoms with Crippen molar-refractivity contribution in [3.05, 3.63) is 11.0 Å². The molecule has 5 N–H and O–H groups in total. The first-order chi connectivity index (χ1) is 10.5. The number of aliphatic hydroxyl groups is 3. The summed E-state index contributed by atoms with van der Waals surface area (Å²) >= 11 is 5.89. The molecule has 6 atom stereocenters. The second-order valence-electron chi connectivity index (χ2n) is 6.46. The Bertz CT molecular complexity index is 666. The van der Waals surface area contributed by atoms with Gasteiger partial charge in [-0.05, 0) is 30.4 Å². The third-order valence-electron chi connectivity index (χ3n) is 5.73. The van der Waals surface area contributed by atoms with E-state index in [-0.39, 0.29) is 35.5 Å². The fourth-order valence-electron chi connectivity index (χ4n) is 4.50. The molecule has 1 unspecified atom stereocenters. The maximum Gasteiger partial charge on any atom is 0.224 e. The highest BCUT2D eigenvalue weighted by Gasteiger charge is 2.65. The van der Waals surface area contributed by atoms with Gasteiger partial charge in [0.1, 0.15) is 5.69 Å². The molecule has 0 bridgehead atoms. The summed E-state index contributed by atoms with van der Waals surface area (Å²) in [6, 6.07) is 0. The van der Waals surface area contributed by atoms with Crippen molar-refractivity contribution in [3.8, 4) is 0 Å². The molecular formula is C14H17ClN4O3. The minimum atomic E-state index is -0.937. The summed E-state index contributed by atoms with van der Waals surface area (Å²) in [6.07, 6.45) is 1.39. The summed E-state index contributed by atoms with van der Waals surface area (Å²) < 4.78 is 0. The largest absolute Gasteiger partial charge is 0.396 e. The van der Waals surface area contributed by atoms with Gasteiger partial charge in [0.2, 0.25) is 5.28 Å². The van der Waals surface area contributed by atoms with Gasteiger partial charge in [0.25, 0.3) is 0 Å². The number of aromatic nitrogens is 2. The molecule has 0 spiro atoms. The van der Waals surface area contributed by atoms with Gasteiger partial charge in [-0.25, -0.2) is 4.98 Å². The number of anilines is 1. The fourth-order valence-corrected chi connectivity index (χ4v) is 4.68. The second kappa shape index (κ2) is 4.61. The van der Waals surface area contributed by atoms with E-state index in [1.54, 1.807) is 6.21 Å². The van der Waals surface area contributed by atoms with Crippen LogP contribution in [-0.2, 0) is 0 Å². The van der Waals surface area contributed by atoms with Gasteiger partial charge in [0.05, 0.1) is 24.5 Å². The Kier molecular flexibility index (Phi) is 3.00. The van der Waals surface area contributed by atoms with E-state index < -0.39 is 17.6 Å². The highest BCUT2D eigenvalue weighted by Crippen LogP contribution is 2.63. The normalized spacial score (nSPS) is 42.1. The average Bonchev–Trinajstić information content (AvgIpc) is 2.92. The fraction of sp³-hybridized carbons (Fsp3) is 0.643. The van der Waals surface area contributed by atoms with Gasteiger partial charge >= 0.3 is 0 Å². The van der Waals surface area contributed by atoms with Crippen molar-refractivity contribution in [2.45, 2.75) is 31.0 Å². The molecule has 1 aromatic heterocycles. The average molecular weight is 325 g/mol. The van der Waals surface area contributed by atoms with Crippen molar-refractivity contribution < 1.29 is 15.3 Å². The number of nitrogens with zero attached hydrogens (tertiary/aromatic N) is 3. The first-order valence-corrected chi connectivity index (χ1v) is 7.71. The van der Waals surface area contributed by atoms with Crippen LogP contribution in [0, 0.1) is 17.3 Å². The van der Waals surface area contributed by atoms with E-state index in [1.807, 2.05) is 0 Å². The molecule has 118 valence electrons. The van der Waals surface area contributed by atoms with Crippen LogP contribution in [0.25, 0.3) is 0 Å². The number of hydrogen-bond donors (Lipinski definition) is 4. The van der Waals surface area contributed by atoms with Crippen LogP contribution in [0.15, 0.2) is 4.99 Å². The molecule has 2 saturated carbocycles. The standard InChI is InChI=1S/C14H17ClN4O3/c15-13-18-8-5(3-17-9(8)12(16)19-13)7-6-1-2-14(6,4-20)11(22)10(7)21/h3,5-7,10-11,20-22H,1-2,4H2,(H2,16,18,19)/t5?,6-,7-,10+,11+,14+/m1/s1. The van der Waals surface area contributed by atoms with Crippen LogP contribution >= 0.6 is 11.6 Å². The van der Waals surface area contributed by atoms with Crippen molar-refractivity contribution in [3.63, 3.8) is 0 Å². The van der Waals surface area contributed by atoms with Crippen molar-refractivity contribution in [1.29, 1.82) is 0 Å². The number of aliphatic imine (C=N–C) groups is 1.